The number of thiazole rings is 1. The molecule has 0 bridgehead atoms. The third kappa shape index (κ3) is 3.62. The maximum Gasteiger partial charge on any atom is 0.136 e. The summed E-state index contributed by atoms with van der Waals surface area (Å²) in [6.07, 6.45) is 1.69. The molecule has 0 saturated carbocycles. The minimum absolute atomic E-state index is 0.503. The van der Waals surface area contributed by atoms with Gasteiger partial charge in [-0.1, -0.05) is 18.2 Å². The van der Waals surface area contributed by atoms with Gasteiger partial charge in [0.05, 0.1) is 12.8 Å². The predicted molar refractivity (Wildman–Crippen MR) is 97.8 cm³/mol. The zero-order chi connectivity index (χ0) is 16.8. The van der Waals surface area contributed by atoms with Crippen molar-refractivity contribution in [3.63, 3.8) is 0 Å². The van der Waals surface area contributed by atoms with Gasteiger partial charge in [0.25, 0.3) is 0 Å². The van der Waals surface area contributed by atoms with Crippen molar-refractivity contribution in [2.24, 2.45) is 0 Å². The summed E-state index contributed by atoms with van der Waals surface area (Å²) < 4.78 is 5.16. The van der Waals surface area contributed by atoms with Crippen molar-refractivity contribution in [2.75, 3.05) is 12.4 Å². The van der Waals surface area contributed by atoms with Gasteiger partial charge in [-0.15, -0.1) is 11.3 Å². The fourth-order valence-corrected chi connectivity index (χ4v) is 2.92. The van der Waals surface area contributed by atoms with Gasteiger partial charge in [-0.2, -0.15) is 5.26 Å². The smallest absolute Gasteiger partial charge is 0.136 e. The van der Waals surface area contributed by atoms with E-state index in [0.717, 1.165) is 22.7 Å². The van der Waals surface area contributed by atoms with Crippen LogP contribution in [0.25, 0.3) is 16.8 Å². The van der Waals surface area contributed by atoms with E-state index in [1.807, 2.05) is 60.0 Å². The fraction of sp³-hybridized carbons (Fsp3) is 0.0526. The first-order chi connectivity index (χ1) is 11.8. The minimum Gasteiger partial charge on any atom is -0.497 e. The summed E-state index contributed by atoms with van der Waals surface area (Å²) in [5, 5.41) is 15.2. The average Bonchev–Trinajstić information content (AvgIpc) is 3.13. The second-order valence-corrected chi connectivity index (χ2v) is 5.80. The summed E-state index contributed by atoms with van der Waals surface area (Å²) in [5.74, 6) is 0.805. The van der Waals surface area contributed by atoms with Crippen molar-refractivity contribution in [2.45, 2.75) is 0 Å². The molecule has 0 aliphatic carbocycles. The molecule has 3 aromatic rings. The van der Waals surface area contributed by atoms with Crippen molar-refractivity contribution in [1.82, 2.24) is 4.98 Å². The largest absolute Gasteiger partial charge is 0.497 e. The summed E-state index contributed by atoms with van der Waals surface area (Å²) in [6.45, 7) is 0. The predicted octanol–water partition coefficient (Wildman–Crippen LogP) is 4.80. The maximum absolute atomic E-state index is 9.40. The van der Waals surface area contributed by atoms with Gasteiger partial charge in [0.1, 0.15) is 22.4 Å². The summed E-state index contributed by atoms with van der Waals surface area (Å²) in [5.41, 5.74) is 3.27. The topological polar surface area (TPSA) is 57.9 Å². The number of nitriles is 1. The van der Waals surface area contributed by atoms with Gasteiger partial charge in [0.15, 0.2) is 0 Å². The number of anilines is 1. The SMILES string of the molecule is COc1ccc(-c2csc(/C(C#N)=C\Nc3ccccc3)n2)cc1. The van der Waals surface area contributed by atoms with E-state index in [2.05, 4.69) is 16.4 Å². The summed E-state index contributed by atoms with van der Waals surface area (Å²) in [6, 6.07) is 19.6. The fourth-order valence-electron chi connectivity index (χ4n) is 2.12. The van der Waals surface area contributed by atoms with Gasteiger partial charge in [0.2, 0.25) is 0 Å². The lowest BCUT2D eigenvalue weighted by Crippen LogP contribution is -1.90. The molecule has 1 heterocycles. The molecule has 0 amide bonds. The maximum atomic E-state index is 9.40. The van der Waals surface area contributed by atoms with Crippen LogP contribution in [0.5, 0.6) is 5.75 Å². The second-order valence-electron chi connectivity index (χ2n) is 4.95. The number of aromatic nitrogens is 1. The first-order valence-corrected chi connectivity index (χ1v) is 8.20. The molecule has 0 spiro atoms. The number of rotatable bonds is 5. The second kappa shape index (κ2) is 7.44. The quantitative estimate of drug-likeness (QED) is 0.682. The Balaban J connectivity index is 1.81. The molecular weight excluding hydrogens is 318 g/mol. The number of para-hydroxylation sites is 1. The van der Waals surface area contributed by atoms with E-state index in [9.17, 15) is 5.26 Å². The minimum atomic E-state index is 0.503. The van der Waals surface area contributed by atoms with E-state index in [4.69, 9.17) is 4.74 Å². The van der Waals surface area contributed by atoms with Crippen LogP contribution in [0.15, 0.2) is 66.2 Å². The van der Waals surface area contributed by atoms with Crippen molar-refractivity contribution < 1.29 is 4.74 Å². The molecule has 0 atom stereocenters. The molecule has 5 heteroatoms. The standard InChI is InChI=1S/C19H15N3OS/c1-23-17-9-7-14(8-10-17)18-13-24-19(22-18)15(11-20)12-21-16-5-3-2-4-6-16/h2-10,12-13,21H,1H3/b15-12-. The van der Waals surface area contributed by atoms with Crippen LogP contribution in [0.4, 0.5) is 5.69 Å². The van der Waals surface area contributed by atoms with Crippen LogP contribution in [0.1, 0.15) is 5.01 Å². The third-order valence-electron chi connectivity index (χ3n) is 3.40. The van der Waals surface area contributed by atoms with Gasteiger partial charge in [-0.05, 0) is 36.4 Å². The molecule has 118 valence electrons. The Morgan fingerprint density at radius 2 is 1.92 bits per heavy atom. The van der Waals surface area contributed by atoms with Crippen LogP contribution >= 0.6 is 11.3 Å². The molecule has 1 N–H and O–H groups in total. The molecule has 4 nitrogen and oxygen atoms in total. The van der Waals surface area contributed by atoms with Crippen LogP contribution in [0.2, 0.25) is 0 Å². The van der Waals surface area contributed by atoms with Gasteiger partial charge in [-0.3, -0.25) is 0 Å². The number of nitrogens with one attached hydrogen (secondary N) is 1. The first-order valence-electron chi connectivity index (χ1n) is 7.32. The Morgan fingerprint density at radius 3 is 2.58 bits per heavy atom. The molecular formula is C19H15N3OS. The van der Waals surface area contributed by atoms with Gasteiger partial charge in [0, 0.05) is 22.8 Å². The van der Waals surface area contributed by atoms with Crippen LogP contribution < -0.4 is 10.1 Å². The molecule has 24 heavy (non-hydrogen) atoms. The highest BCUT2D eigenvalue weighted by molar-refractivity contribution is 7.11. The van der Waals surface area contributed by atoms with E-state index in [0.29, 0.717) is 10.6 Å². The average molecular weight is 333 g/mol. The van der Waals surface area contributed by atoms with Gasteiger partial charge in [-0.25, -0.2) is 4.98 Å². The van der Waals surface area contributed by atoms with Crippen molar-refractivity contribution in [3.05, 3.63) is 71.2 Å². The van der Waals surface area contributed by atoms with E-state index >= 15 is 0 Å². The van der Waals surface area contributed by atoms with Crippen LogP contribution in [0.3, 0.4) is 0 Å². The number of allylic oxidation sites excluding steroid dienone is 1. The molecule has 0 fully saturated rings. The van der Waals surface area contributed by atoms with Crippen LogP contribution in [0, 0.1) is 11.3 Å². The van der Waals surface area contributed by atoms with Gasteiger partial charge >= 0.3 is 0 Å². The molecule has 3 rings (SSSR count). The molecule has 1 aromatic heterocycles. The highest BCUT2D eigenvalue weighted by Crippen LogP contribution is 2.27. The Morgan fingerprint density at radius 1 is 1.17 bits per heavy atom. The van der Waals surface area contributed by atoms with Crippen LogP contribution in [-0.4, -0.2) is 12.1 Å². The Hall–Kier alpha value is -3.10. The molecule has 0 saturated heterocycles. The lowest BCUT2D eigenvalue weighted by atomic mass is 10.2. The summed E-state index contributed by atoms with van der Waals surface area (Å²) >= 11 is 1.45. The van der Waals surface area contributed by atoms with Crippen molar-refractivity contribution >= 4 is 22.6 Å². The highest BCUT2D eigenvalue weighted by Gasteiger charge is 2.09. The van der Waals surface area contributed by atoms with E-state index in [1.165, 1.54) is 11.3 Å². The highest BCUT2D eigenvalue weighted by atomic mass is 32.1. The Kier molecular flexibility index (Phi) is 4.90. The molecule has 0 aliphatic rings. The first kappa shape index (κ1) is 15.8. The van der Waals surface area contributed by atoms with Crippen molar-refractivity contribution in [3.8, 4) is 23.1 Å². The number of hydrogen-bond acceptors (Lipinski definition) is 5. The molecule has 2 aromatic carbocycles. The third-order valence-corrected chi connectivity index (χ3v) is 4.27. The normalized spacial score (nSPS) is 10.9. The van der Waals surface area contributed by atoms with E-state index < -0.39 is 0 Å². The lowest BCUT2D eigenvalue weighted by molar-refractivity contribution is 0.415. The monoisotopic (exact) mass is 333 g/mol. The molecule has 0 radical (unpaired) electrons. The number of ether oxygens (including phenoxy) is 1. The number of nitrogens with zero attached hydrogens (tertiary/aromatic N) is 2. The summed E-state index contributed by atoms with van der Waals surface area (Å²) in [7, 11) is 1.64. The Labute approximate surface area is 144 Å². The van der Waals surface area contributed by atoms with Crippen molar-refractivity contribution in [1.29, 1.82) is 5.26 Å². The number of benzene rings is 2. The lowest BCUT2D eigenvalue weighted by Gasteiger charge is -2.01. The summed E-state index contributed by atoms with van der Waals surface area (Å²) in [4.78, 5) is 4.57. The molecule has 0 aliphatic heterocycles. The van der Waals surface area contributed by atoms with E-state index in [-0.39, 0.29) is 0 Å². The van der Waals surface area contributed by atoms with Gasteiger partial charge < -0.3 is 10.1 Å². The number of hydrogen-bond donors (Lipinski definition) is 1. The van der Waals surface area contributed by atoms with E-state index in [1.54, 1.807) is 13.3 Å². The molecule has 0 unspecified atom stereocenters. The number of methoxy groups -OCH3 is 1. The zero-order valence-electron chi connectivity index (χ0n) is 13.1. The zero-order valence-corrected chi connectivity index (χ0v) is 13.9. The van der Waals surface area contributed by atoms with Crippen LogP contribution in [-0.2, 0) is 0 Å². The Bertz CT molecular complexity index is 877.